The van der Waals surface area contributed by atoms with Crippen molar-refractivity contribution in [2.75, 3.05) is 6.16 Å². The zero-order valence-corrected chi connectivity index (χ0v) is 16.2. The molecule has 1 unspecified atom stereocenters. The molecule has 0 bridgehead atoms. The summed E-state index contributed by atoms with van der Waals surface area (Å²) in [6.45, 7) is 2.04. The number of fused-ring (bicyclic) bond motifs is 1. The Labute approximate surface area is 159 Å². The molecule has 0 saturated carbocycles. The van der Waals surface area contributed by atoms with Crippen molar-refractivity contribution in [3.05, 3.63) is 48.5 Å². The summed E-state index contributed by atoms with van der Waals surface area (Å²) in [6, 6.07) is 1.89. The van der Waals surface area contributed by atoms with E-state index in [-0.39, 0.29) is 29.4 Å². The van der Waals surface area contributed by atoms with E-state index in [0.717, 1.165) is 25.3 Å². The van der Waals surface area contributed by atoms with Crippen LogP contribution in [0.4, 0.5) is 5.69 Å². The van der Waals surface area contributed by atoms with Gasteiger partial charge in [-0.1, -0.05) is 26.2 Å². The lowest BCUT2D eigenvalue weighted by molar-refractivity contribution is -0.384. The smallest absolute Gasteiger partial charge is 0.324 e. The Morgan fingerprint density at radius 1 is 1.21 bits per heavy atom. The lowest BCUT2D eigenvalue weighted by atomic mass is 10.1. The number of hydrogen-bond donors (Lipinski definition) is 5. The first-order valence-corrected chi connectivity index (χ1v) is 10.6. The minimum atomic E-state index is -4.26. The van der Waals surface area contributed by atoms with Crippen molar-refractivity contribution in [1.82, 2.24) is 15.3 Å². The molecule has 0 saturated heterocycles. The molecule has 5 N–H and O–H groups in total. The number of aromatic amines is 2. The molecule has 28 heavy (non-hydrogen) atoms. The molecule has 1 heterocycles. The molecule has 0 fully saturated rings. The van der Waals surface area contributed by atoms with Gasteiger partial charge in [0.05, 0.1) is 22.1 Å². The lowest BCUT2D eigenvalue weighted by Gasteiger charge is -2.20. The van der Waals surface area contributed by atoms with Gasteiger partial charge in [0, 0.05) is 24.7 Å². The molecular weight excluding hydrogens is 391 g/mol. The van der Waals surface area contributed by atoms with E-state index in [9.17, 15) is 34.1 Å². The molecule has 2 rings (SSSR count). The normalized spacial score (nSPS) is 13.0. The highest BCUT2D eigenvalue weighted by atomic mass is 31.2. The van der Waals surface area contributed by atoms with E-state index >= 15 is 0 Å². The van der Waals surface area contributed by atoms with Crippen LogP contribution < -0.4 is 16.4 Å². The molecule has 0 aliphatic rings. The number of nitrogens with zero attached hydrogens (tertiary/aromatic N) is 1. The van der Waals surface area contributed by atoms with E-state index in [0.29, 0.717) is 12.0 Å². The largest absolute Gasteiger partial charge is 0.327 e. The predicted molar refractivity (Wildman–Crippen MR) is 104 cm³/mol. The first-order valence-electron chi connectivity index (χ1n) is 8.82. The number of rotatable bonds is 10. The summed E-state index contributed by atoms with van der Waals surface area (Å²) < 4.78 is 11.4. The number of nitro benzene ring substituents is 1. The molecule has 0 aliphatic carbocycles. The Morgan fingerprint density at radius 3 is 2.50 bits per heavy atom. The number of non-ortho nitro benzene ring substituents is 1. The molecule has 154 valence electrons. The first-order chi connectivity index (χ1) is 13.1. The molecule has 0 aliphatic heterocycles. The third-order valence-electron chi connectivity index (χ3n) is 4.30. The van der Waals surface area contributed by atoms with Gasteiger partial charge >= 0.3 is 18.7 Å². The van der Waals surface area contributed by atoms with Crippen molar-refractivity contribution in [2.24, 2.45) is 0 Å². The van der Waals surface area contributed by atoms with Crippen LogP contribution in [0, 0.1) is 10.1 Å². The fourth-order valence-corrected chi connectivity index (χ4v) is 3.85. The Morgan fingerprint density at radius 2 is 1.89 bits per heavy atom. The van der Waals surface area contributed by atoms with Crippen LogP contribution in [0.5, 0.6) is 0 Å². The van der Waals surface area contributed by atoms with Crippen molar-refractivity contribution in [1.29, 1.82) is 0 Å². The molecule has 1 aromatic heterocycles. The number of unbranched alkanes of at least 4 members (excludes halogenated alkanes) is 2. The van der Waals surface area contributed by atoms with E-state index in [1.807, 2.05) is 6.92 Å². The maximum absolute atomic E-state index is 11.6. The SMILES string of the molecule is CCCCCC(CP(=O)(O)O)NCc1cc([N+](=O)[O-])cc2[nH]c(=O)c(=O)[nH]c12. The van der Waals surface area contributed by atoms with Crippen molar-refractivity contribution in [3.63, 3.8) is 0 Å². The minimum absolute atomic E-state index is 0.0248. The molecule has 0 amide bonds. The highest BCUT2D eigenvalue weighted by molar-refractivity contribution is 7.51. The maximum atomic E-state index is 11.6. The van der Waals surface area contributed by atoms with Gasteiger partial charge in [0.1, 0.15) is 0 Å². The van der Waals surface area contributed by atoms with Crippen molar-refractivity contribution in [2.45, 2.75) is 45.2 Å². The van der Waals surface area contributed by atoms with Gasteiger partial charge in [0.15, 0.2) is 0 Å². The van der Waals surface area contributed by atoms with Gasteiger partial charge in [-0.15, -0.1) is 0 Å². The number of hydrogen-bond acceptors (Lipinski definition) is 6. The monoisotopic (exact) mass is 414 g/mol. The van der Waals surface area contributed by atoms with Gasteiger partial charge in [-0.2, -0.15) is 0 Å². The third kappa shape index (κ3) is 6.10. The summed E-state index contributed by atoms with van der Waals surface area (Å²) in [5, 5.41) is 14.2. The predicted octanol–water partition coefficient (Wildman–Crippen LogP) is 1.34. The van der Waals surface area contributed by atoms with Crippen molar-refractivity contribution in [3.8, 4) is 0 Å². The summed E-state index contributed by atoms with van der Waals surface area (Å²) in [5.74, 6) is 0. The Hall–Kier alpha value is -2.33. The number of nitrogens with one attached hydrogen (secondary N) is 3. The van der Waals surface area contributed by atoms with Crippen LogP contribution in [-0.2, 0) is 11.1 Å². The average molecular weight is 414 g/mol. The van der Waals surface area contributed by atoms with E-state index in [4.69, 9.17) is 0 Å². The average Bonchev–Trinajstić information content (AvgIpc) is 2.59. The van der Waals surface area contributed by atoms with E-state index < -0.39 is 29.7 Å². The standard InChI is InChI=1S/C16H23N4O7P/c1-2-3-4-5-11(9-28(25,26)27)17-8-10-6-12(20(23)24)7-13-14(10)19-16(22)15(21)18-13/h6-7,11,17H,2-5,8-9H2,1H3,(H,18,21)(H,19,22)(H2,25,26,27). The molecular formula is C16H23N4O7P. The van der Waals surface area contributed by atoms with Crippen LogP contribution in [0.1, 0.15) is 38.2 Å². The summed E-state index contributed by atoms with van der Waals surface area (Å²) >= 11 is 0. The molecule has 0 radical (unpaired) electrons. The molecule has 12 heteroatoms. The van der Waals surface area contributed by atoms with Crippen LogP contribution >= 0.6 is 7.60 Å². The number of H-pyrrole nitrogens is 2. The first kappa shape index (κ1) is 22.0. The zero-order valence-electron chi connectivity index (χ0n) is 15.3. The Balaban J connectivity index is 2.34. The van der Waals surface area contributed by atoms with Crippen molar-refractivity contribution >= 4 is 24.3 Å². The van der Waals surface area contributed by atoms with Crippen LogP contribution in [0.15, 0.2) is 21.7 Å². The summed E-state index contributed by atoms with van der Waals surface area (Å²) in [4.78, 5) is 57.0. The molecule has 11 nitrogen and oxygen atoms in total. The Kier molecular flexibility index (Phi) is 7.25. The number of nitro groups is 1. The fraction of sp³-hybridized carbons (Fsp3) is 0.500. The van der Waals surface area contributed by atoms with Crippen LogP contribution in [0.2, 0.25) is 0 Å². The van der Waals surface area contributed by atoms with Gasteiger partial charge < -0.3 is 25.1 Å². The zero-order chi connectivity index (χ0) is 20.9. The summed E-state index contributed by atoms with van der Waals surface area (Å²) in [5.41, 5.74) is -1.42. The highest BCUT2D eigenvalue weighted by Crippen LogP contribution is 2.36. The van der Waals surface area contributed by atoms with E-state index in [1.165, 1.54) is 6.07 Å². The molecule has 2 aromatic rings. The highest BCUT2D eigenvalue weighted by Gasteiger charge is 2.22. The number of benzene rings is 1. The second kappa shape index (κ2) is 9.24. The summed E-state index contributed by atoms with van der Waals surface area (Å²) in [6.07, 6.45) is 2.80. The molecule has 1 aromatic carbocycles. The maximum Gasteiger partial charge on any atom is 0.327 e. The summed E-state index contributed by atoms with van der Waals surface area (Å²) in [7, 11) is -4.26. The van der Waals surface area contributed by atoms with Crippen molar-refractivity contribution < 1.29 is 19.3 Å². The number of aromatic nitrogens is 2. The third-order valence-corrected chi connectivity index (χ3v) is 5.22. The lowest BCUT2D eigenvalue weighted by Crippen LogP contribution is -2.33. The topological polar surface area (TPSA) is 178 Å². The molecule has 1 atom stereocenters. The van der Waals surface area contributed by atoms with E-state index in [2.05, 4.69) is 15.3 Å². The second-order valence-corrected chi connectivity index (χ2v) is 8.31. The van der Waals surface area contributed by atoms with Gasteiger partial charge in [-0.25, -0.2) is 0 Å². The van der Waals surface area contributed by atoms with Gasteiger partial charge in [-0.3, -0.25) is 24.3 Å². The van der Waals surface area contributed by atoms with Crippen LogP contribution in [-0.4, -0.2) is 36.9 Å². The second-order valence-electron chi connectivity index (χ2n) is 6.61. The van der Waals surface area contributed by atoms with Gasteiger partial charge in [0.2, 0.25) is 0 Å². The van der Waals surface area contributed by atoms with Gasteiger partial charge in [-0.05, 0) is 12.0 Å². The van der Waals surface area contributed by atoms with Crippen LogP contribution in [0.25, 0.3) is 11.0 Å². The Bertz CT molecular complexity index is 1010. The van der Waals surface area contributed by atoms with Gasteiger partial charge in [0.25, 0.3) is 5.69 Å². The molecule has 0 spiro atoms. The van der Waals surface area contributed by atoms with E-state index in [1.54, 1.807) is 0 Å². The minimum Gasteiger partial charge on any atom is -0.324 e. The quantitative estimate of drug-likeness (QED) is 0.127. The fourth-order valence-electron chi connectivity index (χ4n) is 2.97. The van der Waals surface area contributed by atoms with Crippen LogP contribution in [0.3, 0.4) is 0 Å².